The third-order valence-corrected chi connectivity index (χ3v) is 3.57. The number of hydrogen-bond donors (Lipinski definition) is 2. The highest BCUT2D eigenvalue weighted by molar-refractivity contribution is 5.97. The SMILES string of the molecule is CCC(CC)C(N)CNC(=O)c1c(F)cccc1OC. The molecule has 0 radical (unpaired) electrons. The molecule has 3 N–H and O–H groups in total. The van der Waals surface area contributed by atoms with Crippen molar-refractivity contribution < 1.29 is 13.9 Å². The summed E-state index contributed by atoms with van der Waals surface area (Å²) < 4.78 is 18.7. The van der Waals surface area contributed by atoms with Crippen molar-refractivity contribution in [3.8, 4) is 5.75 Å². The third kappa shape index (κ3) is 3.93. The Morgan fingerprint density at radius 2 is 2.05 bits per heavy atom. The number of hydrogen-bond acceptors (Lipinski definition) is 3. The smallest absolute Gasteiger partial charge is 0.258 e. The van der Waals surface area contributed by atoms with E-state index in [1.165, 1.54) is 19.2 Å². The fourth-order valence-corrected chi connectivity index (χ4v) is 2.25. The van der Waals surface area contributed by atoms with E-state index < -0.39 is 11.7 Å². The maximum atomic E-state index is 13.7. The van der Waals surface area contributed by atoms with Gasteiger partial charge in [0.15, 0.2) is 0 Å². The van der Waals surface area contributed by atoms with Crippen molar-refractivity contribution in [2.75, 3.05) is 13.7 Å². The zero-order chi connectivity index (χ0) is 15.1. The quantitative estimate of drug-likeness (QED) is 0.806. The van der Waals surface area contributed by atoms with Crippen molar-refractivity contribution in [2.45, 2.75) is 32.7 Å². The number of halogens is 1. The van der Waals surface area contributed by atoms with Gasteiger partial charge in [-0.15, -0.1) is 0 Å². The van der Waals surface area contributed by atoms with Gasteiger partial charge in [0.05, 0.1) is 7.11 Å². The largest absolute Gasteiger partial charge is 0.496 e. The van der Waals surface area contributed by atoms with Gasteiger partial charge < -0.3 is 15.8 Å². The number of nitrogens with one attached hydrogen (secondary N) is 1. The van der Waals surface area contributed by atoms with Gasteiger partial charge in [-0.2, -0.15) is 0 Å². The van der Waals surface area contributed by atoms with Crippen LogP contribution < -0.4 is 15.8 Å². The van der Waals surface area contributed by atoms with Crippen LogP contribution >= 0.6 is 0 Å². The van der Waals surface area contributed by atoms with E-state index >= 15 is 0 Å². The van der Waals surface area contributed by atoms with Crippen LogP contribution in [-0.4, -0.2) is 25.6 Å². The van der Waals surface area contributed by atoms with E-state index in [1.54, 1.807) is 6.07 Å². The minimum absolute atomic E-state index is 0.0771. The zero-order valence-corrected chi connectivity index (χ0v) is 12.3. The maximum Gasteiger partial charge on any atom is 0.258 e. The monoisotopic (exact) mass is 282 g/mol. The fraction of sp³-hybridized carbons (Fsp3) is 0.533. The Balaban J connectivity index is 2.73. The molecule has 4 nitrogen and oxygen atoms in total. The van der Waals surface area contributed by atoms with Gasteiger partial charge in [-0.3, -0.25) is 4.79 Å². The number of methoxy groups -OCH3 is 1. The Kier molecular flexibility index (Phi) is 6.45. The van der Waals surface area contributed by atoms with Crippen LogP contribution in [0.25, 0.3) is 0 Å². The Morgan fingerprint density at radius 3 is 2.60 bits per heavy atom. The summed E-state index contributed by atoms with van der Waals surface area (Å²) in [6.45, 7) is 4.45. The normalized spacial score (nSPS) is 12.3. The van der Waals surface area contributed by atoms with Gasteiger partial charge in [0.2, 0.25) is 0 Å². The minimum Gasteiger partial charge on any atom is -0.496 e. The summed E-state index contributed by atoms with van der Waals surface area (Å²) in [6, 6.07) is 4.16. The molecule has 1 rings (SSSR count). The van der Waals surface area contributed by atoms with E-state index in [2.05, 4.69) is 19.2 Å². The molecule has 0 aromatic heterocycles. The lowest BCUT2D eigenvalue weighted by Gasteiger charge is -2.21. The molecule has 1 atom stereocenters. The molecule has 0 aliphatic heterocycles. The van der Waals surface area contributed by atoms with Gasteiger partial charge in [-0.25, -0.2) is 4.39 Å². The predicted octanol–water partition coefficient (Wildman–Crippen LogP) is 2.33. The summed E-state index contributed by atoms with van der Waals surface area (Å²) in [6.07, 6.45) is 1.91. The molecule has 1 aromatic rings. The van der Waals surface area contributed by atoms with E-state index in [4.69, 9.17) is 10.5 Å². The first-order valence-electron chi connectivity index (χ1n) is 6.91. The van der Waals surface area contributed by atoms with Crippen LogP contribution in [0.2, 0.25) is 0 Å². The Hall–Kier alpha value is -1.62. The molecule has 1 amide bonds. The first-order valence-corrected chi connectivity index (χ1v) is 6.91. The molecule has 0 spiro atoms. The van der Waals surface area contributed by atoms with Crippen molar-refractivity contribution in [2.24, 2.45) is 11.7 Å². The van der Waals surface area contributed by atoms with Crippen LogP contribution in [-0.2, 0) is 0 Å². The Bertz CT molecular complexity index is 447. The topological polar surface area (TPSA) is 64.3 Å². The second kappa shape index (κ2) is 7.85. The summed E-state index contributed by atoms with van der Waals surface area (Å²) >= 11 is 0. The second-order valence-corrected chi connectivity index (χ2v) is 4.77. The average molecular weight is 282 g/mol. The van der Waals surface area contributed by atoms with Crippen LogP contribution in [0.1, 0.15) is 37.0 Å². The molecule has 1 unspecified atom stereocenters. The van der Waals surface area contributed by atoms with Gasteiger partial charge in [-0.05, 0) is 18.1 Å². The Morgan fingerprint density at radius 1 is 1.40 bits per heavy atom. The lowest BCUT2D eigenvalue weighted by atomic mass is 9.95. The highest BCUT2D eigenvalue weighted by atomic mass is 19.1. The van der Waals surface area contributed by atoms with Crippen LogP contribution in [0.5, 0.6) is 5.75 Å². The number of amides is 1. The maximum absolute atomic E-state index is 13.7. The molecular formula is C15H23FN2O2. The number of benzene rings is 1. The summed E-state index contributed by atoms with van der Waals surface area (Å²) in [5, 5.41) is 2.68. The third-order valence-electron chi connectivity index (χ3n) is 3.57. The number of rotatable bonds is 7. The van der Waals surface area contributed by atoms with E-state index in [0.29, 0.717) is 12.5 Å². The van der Waals surface area contributed by atoms with Crippen molar-refractivity contribution in [1.82, 2.24) is 5.32 Å². The van der Waals surface area contributed by atoms with Crippen molar-refractivity contribution >= 4 is 5.91 Å². The number of ether oxygens (including phenoxy) is 1. The van der Waals surface area contributed by atoms with Crippen LogP contribution in [0.15, 0.2) is 18.2 Å². The molecule has 20 heavy (non-hydrogen) atoms. The van der Waals surface area contributed by atoms with Crippen molar-refractivity contribution in [1.29, 1.82) is 0 Å². The molecule has 112 valence electrons. The van der Waals surface area contributed by atoms with Crippen LogP contribution in [0, 0.1) is 11.7 Å². The van der Waals surface area contributed by atoms with E-state index in [0.717, 1.165) is 12.8 Å². The summed E-state index contributed by atoms with van der Waals surface area (Å²) in [5.41, 5.74) is 5.96. The number of carbonyl (C=O) groups is 1. The first-order chi connectivity index (χ1) is 9.54. The Labute approximate surface area is 119 Å². The number of nitrogens with two attached hydrogens (primary N) is 1. The van der Waals surface area contributed by atoms with E-state index in [-0.39, 0.29) is 17.4 Å². The lowest BCUT2D eigenvalue weighted by molar-refractivity contribution is 0.0940. The summed E-state index contributed by atoms with van der Waals surface area (Å²) in [4.78, 5) is 12.1. The molecule has 5 heteroatoms. The highest BCUT2D eigenvalue weighted by Gasteiger charge is 2.20. The van der Waals surface area contributed by atoms with Gasteiger partial charge in [0.1, 0.15) is 17.1 Å². The molecule has 0 aliphatic rings. The molecule has 0 saturated carbocycles. The molecule has 0 bridgehead atoms. The predicted molar refractivity (Wildman–Crippen MR) is 77.3 cm³/mol. The minimum atomic E-state index is -0.599. The second-order valence-electron chi connectivity index (χ2n) is 4.77. The van der Waals surface area contributed by atoms with E-state index in [1.807, 2.05) is 0 Å². The summed E-state index contributed by atoms with van der Waals surface area (Å²) in [5.74, 6) is -0.532. The zero-order valence-electron chi connectivity index (χ0n) is 12.3. The standard InChI is InChI=1S/C15H23FN2O2/c1-4-10(5-2)12(17)9-18-15(19)14-11(16)7-6-8-13(14)20-3/h6-8,10,12H,4-5,9,17H2,1-3H3,(H,18,19). The molecule has 0 aliphatic carbocycles. The molecule has 0 heterocycles. The molecular weight excluding hydrogens is 259 g/mol. The lowest BCUT2D eigenvalue weighted by Crippen LogP contribution is -2.42. The number of carbonyl (C=O) groups excluding carboxylic acids is 1. The fourth-order valence-electron chi connectivity index (χ4n) is 2.25. The van der Waals surface area contributed by atoms with Crippen molar-refractivity contribution in [3.05, 3.63) is 29.6 Å². The van der Waals surface area contributed by atoms with Gasteiger partial charge in [0, 0.05) is 12.6 Å². The molecule has 1 aromatic carbocycles. The molecule has 0 saturated heterocycles. The van der Waals surface area contributed by atoms with Crippen LogP contribution in [0.3, 0.4) is 0 Å². The molecule has 0 fully saturated rings. The van der Waals surface area contributed by atoms with Gasteiger partial charge >= 0.3 is 0 Å². The summed E-state index contributed by atoms with van der Waals surface area (Å²) in [7, 11) is 1.40. The first kappa shape index (κ1) is 16.4. The highest BCUT2D eigenvalue weighted by Crippen LogP contribution is 2.21. The van der Waals surface area contributed by atoms with Gasteiger partial charge in [-0.1, -0.05) is 32.8 Å². The van der Waals surface area contributed by atoms with Crippen LogP contribution in [0.4, 0.5) is 4.39 Å². The van der Waals surface area contributed by atoms with E-state index in [9.17, 15) is 9.18 Å². The average Bonchev–Trinajstić information content (AvgIpc) is 2.45. The van der Waals surface area contributed by atoms with Gasteiger partial charge in [0.25, 0.3) is 5.91 Å². The van der Waals surface area contributed by atoms with Crippen molar-refractivity contribution in [3.63, 3.8) is 0 Å².